The van der Waals surface area contributed by atoms with E-state index in [1.165, 1.54) is 12.1 Å². The number of carbonyl (C=O) groups excluding carboxylic acids is 1. The summed E-state index contributed by atoms with van der Waals surface area (Å²) in [6.07, 6.45) is 8.11. The second-order valence-corrected chi connectivity index (χ2v) is 9.63. The minimum Gasteiger partial charge on any atom is -0.326 e. The van der Waals surface area contributed by atoms with Crippen molar-refractivity contribution < 1.29 is 13.2 Å². The number of aromatic nitrogens is 2. The summed E-state index contributed by atoms with van der Waals surface area (Å²) >= 11 is 0. The van der Waals surface area contributed by atoms with Crippen molar-refractivity contribution in [3.63, 3.8) is 0 Å². The van der Waals surface area contributed by atoms with E-state index in [4.69, 9.17) is 0 Å². The van der Waals surface area contributed by atoms with E-state index >= 15 is 0 Å². The summed E-state index contributed by atoms with van der Waals surface area (Å²) in [5, 5.41) is 7.16. The van der Waals surface area contributed by atoms with Gasteiger partial charge in [-0.3, -0.25) is 14.5 Å². The zero-order chi connectivity index (χ0) is 23.1. The Hall–Kier alpha value is -3.46. The normalized spacial score (nSPS) is 14.2. The molecular weight excluding hydrogens is 438 g/mol. The molecule has 3 aromatic rings. The van der Waals surface area contributed by atoms with Gasteiger partial charge in [0.25, 0.3) is 10.0 Å². The number of rotatable bonds is 7. The van der Waals surface area contributed by atoms with Gasteiger partial charge in [-0.1, -0.05) is 24.6 Å². The highest BCUT2D eigenvalue weighted by Gasteiger charge is 2.17. The fraction of sp³-hybridized carbons (Fsp3) is 0.292. The first-order valence-corrected chi connectivity index (χ1v) is 12.5. The molecule has 4 rings (SSSR count). The average molecular weight is 466 g/mol. The lowest BCUT2D eigenvalue weighted by Gasteiger charge is -2.10. The van der Waals surface area contributed by atoms with Crippen LogP contribution in [0.2, 0.25) is 0 Å². The summed E-state index contributed by atoms with van der Waals surface area (Å²) in [5.41, 5.74) is 2.47. The summed E-state index contributed by atoms with van der Waals surface area (Å²) in [6.45, 7) is 0.649. The van der Waals surface area contributed by atoms with Gasteiger partial charge in [0.05, 0.1) is 16.8 Å². The minimum absolute atomic E-state index is 0.140. The Bertz CT molecular complexity index is 1220. The Balaban J connectivity index is 1.30. The second kappa shape index (κ2) is 10.4. The van der Waals surface area contributed by atoms with Gasteiger partial charge in [0.2, 0.25) is 5.91 Å². The predicted molar refractivity (Wildman–Crippen MR) is 128 cm³/mol. The van der Waals surface area contributed by atoms with Crippen LogP contribution in [0.4, 0.5) is 5.69 Å². The van der Waals surface area contributed by atoms with Crippen LogP contribution in [0.15, 0.2) is 76.9 Å². The van der Waals surface area contributed by atoms with Crippen LogP contribution in [-0.2, 0) is 21.2 Å². The molecule has 2 heterocycles. The summed E-state index contributed by atoms with van der Waals surface area (Å²) in [6, 6.07) is 15.9. The molecule has 0 spiro atoms. The summed E-state index contributed by atoms with van der Waals surface area (Å²) < 4.78 is 29.6. The molecule has 0 saturated heterocycles. The number of aryl methyl sites for hydroxylation is 1. The van der Waals surface area contributed by atoms with Crippen molar-refractivity contribution in [2.75, 3.05) is 11.9 Å². The maximum Gasteiger partial charge on any atom is 0.262 e. The van der Waals surface area contributed by atoms with E-state index in [0.717, 1.165) is 30.5 Å². The van der Waals surface area contributed by atoms with E-state index in [1.807, 2.05) is 36.5 Å². The Kier molecular flexibility index (Phi) is 7.19. The lowest BCUT2D eigenvalue weighted by atomic mass is 10.2. The summed E-state index contributed by atoms with van der Waals surface area (Å²) in [4.78, 5) is 16.8. The maximum atomic E-state index is 12.6. The highest BCUT2D eigenvalue weighted by molar-refractivity contribution is 7.90. The zero-order valence-corrected chi connectivity index (χ0v) is 19.1. The number of anilines is 1. The van der Waals surface area contributed by atoms with Gasteiger partial charge in [-0.25, -0.2) is 13.1 Å². The molecule has 1 aliphatic rings. The largest absolute Gasteiger partial charge is 0.326 e. The fourth-order valence-electron chi connectivity index (χ4n) is 3.58. The van der Waals surface area contributed by atoms with E-state index in [0.29, 0.717) is 37.3 Å². The third-order valence-electron chi connectivity index (χ3n) is 5.37. The molecule has 9 heteroatoms. The minimum atomic E-state index is -3.69. The molecule has 33 heavy (non-hydrogen) atoms. The van der Waals surface area contributed by atoms with Crippen molar-refractivity contribution in [2.24, 2.45) is 4.99 Å². The monoisotopic (exact) mass is 465 g/mol. The van der Waals surface area contributed by atoms with Crippen molar-refractivity contribution in [1.29, 1.82) is 0 Å². The molecule has 0 radical (unpaired) electrons. The number of para-hydroxylation sites is 1. The fourth-order valence-corrected chi connectivity index (χ4v) is 4.67. The van der Waals surface area contributed by atoms with Crippen molar-refractivity contribution >= 4 is 27.5 Å². The quantitative estimate of drug-likeness (QED) is 0.555. The molecule has 0 fully saturated rings. The van der Waals surface area contributed by atoms with E-state index in [2.05, 4.69) is 20.1 Å². The molecule has 2 aromatic carbocycles. The number of nitrogens with zero attached hydrogens (tertiary/aromatic N) is 3. The van der Waals surface area contributed by atoms with Gasteiger partial charge in [0.15, 0.2) is 0 Å². The third-order valence-corrected chi connectivity index (χ3v) is 6.77. The van der Waals surface area contributed by atoms with Crippen molar-refractivity contribution in [1.82, 2.24) is 14.5 Å². The van der Waals surface area contributed by atoms with Gasteiger partial charge < -0.3 is 5.32 Å². The van der Waals surface area contributed by atoms with Crippen molar-refractivity contribution in [3.05, 3.63) is 72.6 Å². The predicted octanol–water partition coefficient (Wildman–Crippen LogP) is 3.69. The Labute approximate surface area is 193 Å². The van der Waals surface area contributed by atoms with Crippen LogP contribution in [0.3, 0.4) is 0 Å². The first-order chi connectivity index (χ1) is 16.0. The SMILES string of the molecule is O=C(CCc1cnn(-c2ccccc2)c1)Nc1ccc(S(=O)(=O)NC2=NCCCCC2)cc1. The second-order valence-electron chi connectivity index (χ2n) is 7.95. The maximum absolute atomic E-state index is 12.6. The van der Waals surface area contributed by atoms with Crippen LogP contribution in [0.25, 0.3) is 5.69 Å². The highest BCUT2D eigenvalue weighted by atomic mass is 32.2. The Morgan fingerprint density at radius 1 is 1.00 bits per heavy atom. The number of sulfonamides is 1. The molecule has 0 atom stereocenters. The molecule has 2 N–H and O–H groups in total. The Morgan fingerprint density at radius 2 is 1.79 bits per heavy atom. The molecule has 1 amide bonds. The molecule has 0 aliphatic carbocycles. The van der Waals surface area contributed by atoms with E-state index < -0.39 is 10.0 Å². The zero-order valence-electron chi connectivity index (χ0n) is 18.3. The van der Waals surface area contributed by atoms with Gasteiger partial charge in [-0.15, -0.1) is 0 Å². The van der Waals surface area contributed by atoms with Gasteiger partial charge in [0, 0.05) is 31.3 Å². The van der Waals surface area contributed by atoms with Crippen LogP contribution in [0.1, 0.15) is 37.7 Å². The number of hydrogen-bond donors (Lipinski definition) is 2. The van der Waals surface area contributed by atoms with Crippen LogP contribution in [0.5, 0.6) is 0 Å². The molecular formula is C24H27N5O3S. The van der Waals surface area contributed by atoms with Crippen LogP contribution in [0, 0.1) is 0 Å². The Morgan fingerprint density at radius 3 is 2.58 bits per heavy atom. The molecule has 172 valence electrons. The van der Waals surface area contributed by atoms with E-state index in [-0.39, 0.29) is 10.8 Å². The number of hydrogen-bond acceptors (Lipinski definition) is 5. The molecule has 1 aromatic heterocycles. The molecule has 0 bridgehead atoms. The van der Waals surface area contributed by atoms with Crippen molar-refractivity contribution in [2.45, 2.75) is 43.4 Å². The van der Waals surface area contributed by atoms with Crippen LogP contribution in [-0.4, -0.2) is 36.5 Å². The van der Waals surface area contributed by atoms with Gasteiger partial charge in [0.1, 0.15) is 5.84 Å². The molecule has 1 aliphatic heterocycles. The molecule has 0 unspecified atom stereocenters. The summed E-state index contributed by atoms with van der Waals surface area (Å²) in [7, 11) is -3.69. The number of aliphatic imine (C=N–C) groups is 1. The molecule has 8 nitrogen and oxygen atoms in total. The number of amidine groups is 1. The van der Waals surface area contributed by atoms with Crippen molar-refractivity contribution in [3.8, 4) is 5.69 Å². The topological polar surface area (TPSA) is 105 Å². The lowest BCUT2D eigenvalue weighted by Crippen LogP contribution is -2.30. The number of amides is 1. The van der Waals surface area contributed by atoms with Crippen LogP contribution >= 0.6 is 0 Å². The summed E-state index contributed by atoms with van der Waals surface area (Å²) in [5.74, 6) is 0.365. The first-order valence-electron chi connectivity index (χ1n) is 11.0. The van der Waals surface area contributed by atoms with Gasteiger partial charge >= 0.3 is 0 Å². The first kappa shape index (κ1) is 22.7. The third kappa shape index (κ3) is 6.29. The number of carbonyl (C=O) groups is 1. The number of nitrogens with one attached hydrogen (secondary N) is 2. The van der Waals surface area contributed by atoms with Gasteiger partial charge in [-0.2, -0.15) is 5.10 Å². The van der Waals surface area contributed by atoms with Gasteiger partial charge in [-0.05, 0) is 61.2 Å². The average Bonchev–Trinajstić information content (AvgIpc) is 3.16. The van der Waals surface area contributed by atoms with E-state index in [1.54, 1.807) is 23.0 Å². The standard InChI is InChI=1S/C24H27N5O3S/c30-24(15-10-19-17-26-29(18-19)21-7-3-1-4-8-21)27-20-11-13-22(14-12-20)33(31,32)28-23-9-5-2-6-16-25-23/h1,3-4,7-8,11-14,17-18H,2,5-6,9-10,15-16H2,(H,25,28)(H,27,30). The molecule has 0 saturated carbocycles. The lowest BCUT2D eigenvalue weighted by molar-refractivity contribution is -0.116. The number of benzene rings is 2. The highest BCUT2D eigenvalue weighted by Crippen LogP contribution is 2.16. The van der Waals surface area contributed by atoms with E-state index in [9.17, 15) is 13.2 Å². The smallest absolute Gasteiger partial charge is 0.262 e. The van der Waals surface area contributed by atoms with Crippen LogP contribution < -0.4 is 10.0 Å².